The molecule has 0 radical (unpaired) electrons. The van der Waals surface area contributed by atoms with Crippen molar-refractivity contribution in [3.05, 3.63) is 54.1 Å². The van der Waals surface area contributed by atoms with Crippen molar-refractivity contribution in [2.45, 2.75) is 6.42 Å². The van der Waals surface area contributed by atoms with Gasteiger partial charge in [-0.3, -0.25) is 9.97 Å². The lowest BCUT2D eigenvalue weighted by Crippen LogP contribution is -1.94. The van der Waals surface area contributed by atoms with Crippen LogP contribution in [0.1, 0.15) is 11.3 Å². The van der Waals surface area contributed by atoms with Crippen LogP contribution in [0.5, 0.6) is 0 Å². The van der Waals surface area contributed by atoms with Gasteiger partial charge in [0.1, 0.15) is 0 Å². The fraction of sp³-hybridized carbons (Fsp3) is 0.0909. The van der Waals surface area contributed by atoms with Crippen LogP contribution >= 0.6 is 0 Å². The Labute approximate surface area is 82.6 Å². The molecule has 0 fully saturated rings. The fourth-order valence-electron chi connectivity index (χ4n) is 1.30. The zero-order chi connectivity index (χ0) is 9.80. The number of pyridine rings is 2. The van der Waals surface area contributed by atoms with Gasteiger partial charge in [0.05, 0.1) is 0 Å². The Kier molecular flexibility index (Phi) is 2.40. The van der Waals surface area contributed by atoms with E-state index in [0.717, 1.165) is 17.8 Å². The third kappa shape index (κ3) is 2.07. The van der Waals surface area contributed by atoms with Crippen LogP contribution in [0.25, 0.3) is 0 Å². The van der Waals surface area contributed by atoms with Gasteiger partial charge in [-0.05, 0) is 29.8 Å². The summed E-state index contributed by atoms with van der Waals surface area (Å²) in [5.41, 5.74) is 8.59. The van der Waals surface area contributed by atoms with Crippen molar-refractivity contribution in [2.24, 2.45) is 0 Å². The molecule has 2 heterocycles. The van der Waals surface area contributed by atoms with Crippen molar-refractivity contribution in [3.63, 3.8) is 0 Å². The van der Waals surface area contributed by atoms with E-state index in [0.29, 0.717) is 0 Å². The lowest BCUT2D eigenvalue weighted by molar-refractivity contribution is 1.07. The van der Waals surface area contributed by atoms with Gasteiger partial charge in [0.25, 0.3) is 0 Å². The van der Waals surface area contributed by atoms with Crippen LogP contribution < -0.4 is 5.73 Å². The first-order chi connectivity index (χ1) is 6.84. The molecule has 0 spiro atoms. The lowest BCUT2D eigenvalue weighted by atomic mass is 10.1. The second kappa shape index (κ2) is 3.87. The van der Waals surface area contributed by atoms with E-state index in [2.05, 4.69) is 9.97 Å². The Hall–Kier alpha value is -1.90. The topological polar surface area (TPSA) is 51.8 Å². The molecule has 3 nitrogen and oxygen atoms in total. The van der Waals surface area contributed by atoms with Gasteiger partial charge < -0.3 is 5.73 Å². The van der Waals surface area contributed by atoms with Crippen molar-refractivity contribution in [1.29, 1.82) is 0 Å². The highest BCUT2D eigenvalue weighted by Crippen LogP contribution is 2.08. The number of nitrogen functional groups attached to an aromatic ring is 1. The van der Waals surface area contributed by atoms with Crippen LogP contribution in [-0.2, 0) is 6.42 Å². The molecule has 2 aromatic rings. The summed E-state index contributed by atoms with van der Waals surface area (Å²) >= 11 is 0. The molecule has 0 aliphatic heterocycles. The molecule has 2 N–H and O–H groups in total. The van der Waals surface area contributed by atoms with Gasteiger partial charge in [-0.2, -0.15) is 0 Å². The number of anilines is 1. The molecule has 0 aliphatic rings. The molecule has 3 heteroatoms. The number of aromatic nitrogens is 2. The molecule has 0 aromatic carbocycles. The second-order valence-electron chi connectivity index (χ2n) is 3.11. The Bertz CT molecular complexity index is 412. The minimum Gasteiger partial charge on any atom is -0.399 e. The molecule has 2 aromatic heterocycles. The van der Waals surface area contributed by atoms with E-state index in [-0.39, 0.29) is 0 Å². The molecule has 0 bridgehead atoms. The van der Waals surface area contributed by atoms with Crippen LogP contribution in [0, 0.1) is 0 Å². The van der Waals surface area contributed by atoms with Crippen molar-refractivity contribution in [3.8, 4) is 0 Å². The first kappa shape index (κ1) is 8.69. The highest BCUT2D eigenvalue weighted by molar-refractivity contribution is 5.38. The molecule has 14 heavy (non-hydrogen) atoms. The van der Waals surface area contributed by atoms with E-state index in [4.69, 9.17) is 5.73 Å². The maximum absolute atomic E-state index is 5.66. The van der Waals surface area contributed by atoms with Gasteiger partial charge in [-0.25, -0.2) is 0 Å². The predicted octanol–water partition coefficient (Wildman–Crippen LogP) is 1.65. The smallest absolute Gasteiger partial charge is 0.0467 e. The summed E-state index contributed by atoms with van der Waals surface area (Å²) < 4.78 is 0. The normalized spacial score (nSPS) is 10.0. The number of rotatable bonds is 2. The predicted molar refractivity (Wildman–Crippen MR) is 55.7 cm³/mol. The standard InChI is InChI=1S/C11H11N3/c12-10-3-6-14-11(8-10)7-9-1-4-13-5-2-9/h1-6,8H,7H2,(H2,12,14). The molecule has 0 aliphatic carbocycles. The van der Waals surface area contributed by atoms with Crippen molar-refractivity contribution >= 4 is 5.69 Å². The summed E-state index contributed by atoms with van der Waals surface area (Å²) in [6.45, 7) is 0. The molecule has 0 amide bonds. The van der Waals surface area contributed by atoms with Crippen LogP contribution in [0.4, 0.5) is 5.69 Å². The summed E-state index contributed by atoms with van der Waals surface area (Å²) in [5.74, 6) is 0. The molecule has 0 saturated heterocycles. The minimum atomic E-state index is 0.754. The maximum atomic E-state index is 5.66. The van der Waals surface area contributed by atoms with Gasteiger partial charge in [0.2, 0.25) is 0 Å². The first-order valence-corrected chi connectivity index (χ1v) is 4.44. The van der Waals surface area contributed by atoms with Crippen LogP contribution in [0.2, 0.25) is 0 Å². The molecule has 70 valence electrons. The number of hydrogen-bond donors (Lipinski definition) is 1. The molecule has 0 atom stereocenters. The molecule has 2 rings (SSSR count). The van der Waals surface area contributed by atoms with Gasteiger partial charge in [0, 0.05) is 36.4 Å². The summed E-state index contributed by atoms with van der Waals surface area (Å²) in [5, 5.41) is 0. The summed E-state index contributed by atoms with van der Waals surface area (Å²) in [6.07, 6.45) is 6.09. The SMILES string of the molecule is Nc1ccnc(Cc2ccncc2)c1. The van der Waals surface area contributed by atoms with Gasteiger partial charge >= 0.3 is 0 Å². The molecular formula is C11H11N3. The van der Waals surface area contributed by atoms with Crippen LogP contribution in [0.3, 0.4) is 0 Å². The lowest BCUT2D eigenvalue weighted by Gasteiger charge is -2.00. The van der Waals surface area contributed by atoms with Crippen molar-refractivity contribution < 1.29 is 0 Å². The Morgan fingerprint density at radius 2 is 1.86 bits per heavy atom. The molecular weight excluding hydrogens is 174 g/mol. The molecule has 0 saturated carbocycles. The van der Waals surface area contributed by atoms with E-state index < -0.39 is 0 Å². The fourth-order valence-corrected chi connectivity index (χ4v) is 1.30. The van der Waals surface area contributed by atoms with Gasteiger partial charge in [0.15, 0.2) is 0 Å². The maximum Gasteiger partial charge on any atom is 0.0467 e. The monoisotopic (exact) mass is 185 g/mol. The highest BCUT2D eigenvalue weighted by atomic mass is 14.7. The first-order valence-electron chi connectivity index (χ1n) is 4.44. The molecule has 0 unspecified atom stereocenters. The van der Waals surface area contributed by atoms with E-state index in [9.17, 15) is 0 Å². The summed E-state index contributed by atoms with van der Waals surface area (Å²) in [4.78, 5) is 8.19. The van der Waals surface area contributed by atoms with Crippen LogP contribution in [-0.4, -0.2) is 9.97 Å². The average molecular weight is 185 g/mol. The van der Waals surface area contributed by atoms with Crippen molar-refractivity contribution in [1.82, 2.24) is 9.97 Å². The van der Waals surface area contributed by atoms with E-state index in [1.54, 1.807) is 24.7 Å². The Morgan fingerprint density at radius 1 is 1.07 bits per heavy atom. The van der Waals surface area contributed by atoms with Gasteiger partial charge in [-0.1, -0.05) is 0 Å². The summed E-state index contributed by atoms with van der Waals surface area (Å²) in [6, 6.07) is 7.63. The zero-order valence-electron chi connectivity index (χ0n) is 7.72. The average Bonchev–Trinajstić information content (AvgIpc) is 2.19. The highest BCUT2D eigenvalue weighted by Gasteiger charge is 1.96. The second-order valence-corrected chi connectivity index (χ2v) is 3.11. The number of nitrogens with two attached hydrogens (primary N) is 1. The van der Waals surface area contributed by atoms with Crippen LogP contribution in [0.15, 0.2) is 42.9 Å². The Morgan fingerprint density at radius 3 is 2.57 bits per heavy atom. The third-order valence-electron chi connectivity index (χ3n) is 1.98. The minimum absolute atomic E-state index is 0.754. The quantitative estimate of drug-likeness (QED) is 0.774. The largest absolute Gasteiger partial charge is 0.399 e. The van der Waals surface area contributed by atoms with Gasteiger partial charge in [-0.15, -0.1) is 0 Å². The third-order valence-corrected chi connectivity index (χ3v) is 1.98. The number of nitrogens with zero attached hydrogens (tertiary/aromatic N) is 2. The summed E-state index contributed by atoms with van der Waals surface area (Å²) in [7, 11) is 0. The number of hydrogen-bond acceptors (Lipinski definition) is 3. The van der Waals surface area contributed by atoms with E-state index in [1.807, 2.05) is 18.2 Å². The van der Waals surface area contributed by atoms with E-state index in [1.165, 1.54) is 5.56 Å². The van der Waals surface area contributed by atoms with E-state index >= 15 is 0 Å². The van der Waals surface area contributed by atoms with Crippen molar-refractivity contribution in [2.75, 3.05) is 5.73 Å². The Balaban J connectivity index is 2.19. The zero-order valence-corrected chi connectivity index (χ0v) is 7.72.